The van der Waals surface area contributed by atoms with Gasteiger partial charge in [0.2, 0.25) is 5.91 Å². The van der Waals surface area contributed by atoms with Gasteiger partial charge in [-0.15, -0.1) is 32.9 Å². The van der Waals surface area contributed by atoms with Crippen molar-refractivity contribution >= 4 is 40.3 Å². The third kappa shape index (κ3) is 4.19. The lowest BCUT2D eigenvalue weighted by Gasteiger charge is -2.16. The first-order valence-electron chi connectivity index (χ1n) is 8.66. The van der Waals surface area contributed by atoms with Gasteiger partial charge in [-0.3, -0.25) is 9.36 Å². The second kappa shape index (κ2) is 8.72. The standard InChI is InChI=1S/C20H18N4OS3/c1-23(13-16-9-5-11-26-16)18(25)14-28-20-22-21-19(17-10-6-12-27-17)24(20)15-7-3-2-4-8-15/h2-12H,13-14H2,1H3. The number of nitrogens with zero attached hydrogens (tertiary/aromatic N) is 4. The summed E-state index contributed by atoms with van der Waals surface area (Å²) in [5, 5.41) is 13.5. The smallest absolute Gasteiger partial charge is 0.233 e. The maximum absolute atomic E-state index is 12.6. The summed E-state index contributed by atoms with van der Waals surface area (Å²) < 4.78 is 2.02. The zero-order chi connectivity index (χ0) is 19.3. The predicted octanol–water partition coefficient (Wildman–Crippen LogP) is 4.81. The van der Waals surface area contributed by atoms with Gasteiger partial charge in [0.15, 0.2) is 11.0 Å². The first-order chi connectivity index (χ1) is 13.7. The van der Waals surface area contributed by atoms with E-state index in [0.29, 0.717) is 17.5 Å². The van der Waals surface area contributed by atoms with Crippen LogP contribution >= 0.6 is 34.4 Å². The van der Waals surface area contributed by atoms with Gasteiger partial charge in [-0.25, -0.2) is 0 Å². The minimum Gasteiger partial charge on any atom is -0.340 e. The van der Waals surface area contributed by atoms with Crippen LogP contribution < -0.4 is 0 Å². The summed E-state index contributed by atoms with van der Waals surface area (Å²) in [4.78, 5) is 16.6. The maximum Gasteiger partial charge on any atom is 0.233 e. The van der Waals surface area contributed by atoms with Crippen LogP contribution in [0.5, 0.6) is 0 Å². The van der Waals surface area contributed by atoms with Crippen LogP contribution in [0.15, 0.2) is 70.5 Å². The van der Waals surface area contributed by atoms with Gasteiger partial charge in [-0.05, 0) is 35.0 Å². The second-order valence-electron chi connectivity index (χ2n) is 6.07. The highest BCUT2D eigenvalue weighted by molar-refractivity contribution is 7.99. The summed E-state index contributed by atoms with van der Waals surface area (Å²) in [5.41, 5.74) is 0.984. The number of carbonyl (C=O) groups excluding carboxylic acids is 1. The largest absolute Gasteiger partial charge is 0.340 e. The number of thiophene rings is 2. The molecule has 28 heavy (non-hydrogen) atoms. The quantitative estimate of drug-likeness (QED) is 0.398. The molecule has 4 aromatic rings. The van der Waals surface area contributed by atoms with E-state index in [1.54, 1.807) is 27.6 Å². The molecular weight excluding hydrogens is 408 g/mol. The van der Waals surface area contributed by atoms with Crippen LogP contribution in [0.2, 0.25) is 0 Å². The fourth-order valence-corrected chi connectivity index (χ4v) is 5.05. The lowest BCUT2D eigenvalue weighted by atomic mass is 10.3. The molecule has 0 spiro atoms. The van der Waals surface area contributed by atoms with Crippen molar-refractivity contribution in [1.29, 1.82) is 0 Å². The van der Waals surface area contributed by atoms with Crippen molar-refractivity contribution in [3.8, 4) is 16.4 Å². The predicted molar refractivity (Wildman–Crippen MR) is 116 cm³/mol. The summed E-state index contributed by atoms with van der Waals surface area (Å²) in [6.45, 7) is 0.628. The molecule has 1 amide bonds. The molecule has 3 aromatic heterocycles. The molecular formula is C20H18N4OS3. The zero-order valence-corrected chi connectivity index (χ0v) is 17.6. The number of carbonyl (C=O) groups is 1. The van der Waals surface area contributed by atoms with E-state index in [9.17, 15) is 4.79 Å². The van der Waals surface area contributed by atoms with E-state index >= 15 is 0 Å². The molecule has 0 fully saturated rings. The Morgan fingerprint density at radius 3 is 2.54 bits per heavy atom. The molecule has 5 nitrogen and oxygen atoms in total. The summed E-state index contributed by atoms with van der Waals surface area (Å²) in [5.74, 6) is 1.18. The maximum atomic E-state index is 12.6. The lowest BCUT2D eigenvalue weighted by molar-refractivity contribution is -0.127. The monoisotopic (exact) mass is 426 g/mol. The van der Waals surface area contributed by atoms with E-state index in [1.807, 2.05) is 77.0 Å². The number of amides is 1. The molecule has 0 saturated heterocycles. The Morgan fingerprint density at radius 2 is 1.82 bits per heavy atom. The minimum absolute atomic E-state index is 0.0682. The highest BCUT2D eigenvalue weighted by Gasteiger charge is 2.19. The minimum atomic E-state index is 0.0682. The number of benzene rings is 1. The molecule has 0 bridgehead atoms. The van der Waals surface area contributed by atoms with Crippen LogP contribution in [-0.2, 0) is 11.3 Å². The molecule has 142 valence electrons. The summed E-state index contributed by atoms with van der Waals surface area (Å²) in [6, 6.07) is 18.1. The third-order valence-electron chi connectivity index (χ3n) is 4.11. The van der Waals surface area contributed by atoms with Crippen LogP contribution in [0, 0.1) is 0 Å². The van der Waals surface area contributed by atoms with Crippen molar-refractivity contribution in [3.63, 3.8) is 0 Å². The highest BCUT2D eigenvalue weighted by Crippen LogP contribution is 2.30. The Balaban J connectivity index is 1.54. The molecule has 4 rings (SSSR count). The first-order valence-corrected chi connectivity index (χ1v) is 11.4. The fraction of sp³-hybridized carbons (Fsp3) is 0.150. The Labute approximate surface area is 175 Å². The third-order valence-corrected chi connectivity index (χ3v) is 6.75. The average molecular weight is 427 g/mol. The number of hydrogen-bond acceptors (Lipinski definition) is 6. The van der Waals surface area contributed by atoms with Crippen molar-refractivity contribution in [2.45, 2.75) is 11.7 Å². The van der Waals surface area contributed by atoms with Crippen LogP contribution in [-0.4, -0.2) is 38.4 Å². The lowest BCUT2D eigenvalue weighted by Crippen LogP contribution is -2.27. The van der Waals surface area contributed by atoms with Crippen molar-refractivity contribution in [3.05, 3.63) is 70.2 Å². The average Bonchev–Trinajstić information content (AvgIpc) is 3.47. The number of hydrogen-bond donors (Lipinski definition) is 0. The van der Waals surface area contributed by atoms with Crippen LogP contribution in [0.3, 0.4) is 0 Å². The van der Waals surface area contributed by atoms with Gasteiger partial charge in [0, 0.05) is 17.6 Å². The van der Waals surface area contributed by atoms with Gasteiger partial charge >= 0.3 is 0 Å². The molecule has 0 atom stereocenters. The van der Waals surface area contributed by atoms with E-state index in [-0.39, 0.29) is 5.91 Å². The Morgan fingerprint density at radius 1 is 1.04 bits per heavy atom. The summed E-state index contributed by atoms with van der Waals surface area (Å²) >= 11 is 4.70. The molecule has 1 aromatic carbocycles. The fourth-order valence-electron chi connectivity index (χ4n) is 2.70. The topological polar surface area (TPSA) is 51.0 Å². The van der Waals surface area contributed by atoms with Gasteiger partial charge < -0.3 is 4.90 Å². The van der Waals surface area contributed by atoms with Gasteiger partial charge in [-0.2, -0.15) is 0 Å². The number of thioether (sulfide) groups is 1. The van der Waals surface area contributed by atoms with E-state index in [2.05, 4.69) is 10.2 Å². The van der Waals surface area contributed by atoms with Crippen LogP contribution in [0.4, 0.5) is 0 Å². The van der Waals surface area contributed by atoms with Crippen molar-refractivity contribution in [2.24, 2.45) is 0 Å². The van der Waals surface area contributed by atoms with Gasteiger partial charge in [0.1, 0.15) is 0 Å². The van der Waals surface area contributed by atoms with E-state index in [1.165, 1.54) is 16.6 Å². The van der Waals surface area contributed by atoms with Gasteiger partial charge in [0.25, 0.3) is 0 Å². The van der Waals surface area contributed by atoms with E-state index < -0.39 is 0 Å². The van der Waals surface area contributed by atoms with E-state index in [0.717, 1.165) is 16.4 Å². The highest BCUT2D eigenvalue weighted by atomic mass is 32.2. The number of rotatable bonds is 7. The molecule has 0 aliphatic carbocycles. The summed E-state index contributed by atoms with van der Waals surface area (Å²) in [6.07, 6.45) is 0. The number of para-hydroxylation sites is 1. The Bertz CT molecular complexity index is 1030. The van der Waals surface area contributed by atoms with Gasteiger partial charge in [-0.1, -0.05) is 42.1 Å². The molecule has 0 aliphatic rings. The second-order valence-corrected chi connectivity index (χ2v) is 8.99. The Kier molecular flexibility index (Phi) is 5.90. The molecule has 0 aliphatic heterocycles. The molecule has 0 unspecified atom stereocenters. The summed E-state index contributed by atoms with van der Waals surface area (Å²) in [7, 11) is 1.83. The number of aromatic nitrogens is 3. The SMILES string of the molecule is CN(Cc1cccs1)C(=O)CSc1nnc(-c2cccs2)n1-c1ccccc1. The van der Waals surface area contributed by atoms with Crippen LogP contribution in [0.25, 0.3) is 16.4 Å². The van der Waals surface area contributed by atoms with Crippen molar-refractivity contribution in [1.82, 2.24) is 19.7 Å². The molecule has 0 N–H and O–H groups in total. The van der Waals surface area contributed by atoms with Crippen molar-refractivity contribution < 1.29 is 4.79 Å². The zero-order valence-electron chi connectivity index (χ0n) is 15.2. The Hall–Kier alpha value is -2.42. The van der Waals surface area contributed by atoms with Crippen molar-refractivity contribution in [2.75, 3.05) is 12.8 Å². The van der Waals surface area contributed by atoms with Gasteiger partial charge in [0.05, 0.1) is 17.2 Å². The van der Waals surface area contributed by atoms with E-state index in [4.69, 9.17) is 0 Å². The van der Waals surface area contributed by atoms with Crippen LogP contribution in [0.1, 0.15) is 4.88 Å². The molecule has 0 radical (unpaired) electrons. The molecule has 0 saturated carbocycles. The molecule has 3 heterocycles. The normalized spacial score (nSPS) is 10.9. The molecule has 8 heteroatoms. The first kappa shape index (κ1) is 18.9.